The summed E-state index contributed by atoms with van der Waals surface area (Å²) in [5.74, 6) is -0.127. The second-order valence-corrected chi connectivity index (χ2v) is 10.1. The smallest absolute Gasteiger partial charge is 0.262 e. The van der Waals surface area contributed by atoms with Crippen molar-refractivity contribution < 1.29 is 23.2 Å². The van der Waals surface area contributed by atoms with Gasteiger partial charge < -0.3 is 10.1 Å². The highest BCUT2D eigenvalue weighted by molar-refractivity contribution is 7.89. The third-order valence-electron chi connectivity index (χ3n) is 5.93. The maximum Gasteiger partial charge on any atom is 0.262 e. The van der Waals surface area contributed by atoms with Crippen LogP contribution in [0.1, 0.15) is 11.3 Å². The fraction of sp³-hybridized carbons (Fsp3) is 0.333. The number of carbonyl (C=O) groups excluding carboxylic acids is 1. The van der Waals surface area contributed by atoms with Crippen molar-refractivity contribution in [1.82, 2.24) is 25.4 Å². The highest BCUT2D eigenvalue weighted by Crippen LogP contribution is 2.22. The van der Waals surface area contributed by atoms with Crippen molar-refractivity contribution in [2.75, 3.05) is 32.7 Å². The first kappa shape index (κ1) is 25.0. The number of rotatable bonds is 9. The van der Waals surface area contributed by atoms with E-state index in [0.29, 0.717) is 38.5 Å². The number of fused-ring (bicyclic) bond motifs is 1. The molecule has 1 atom stereocenters. The Balaban J connectivity index is 1.41. The molecule has 1 aromatic heterocycles. The van der Waals surface area contributed by atoms with E-state index in [4.69, 9.17) is 9.94 Å². The number of carbonyl (C=O) groups is 1. The molecule has 1 aliphatic heterocycles. The molecule has 4 N–H and O–H groups in total. The summed E-state index contributed by atoms with van der Waals surface area (Å²) in [7, 11) is -3.87. The Morgan fingerprint density at radius 2 is 1.89 bits per heavy atom. The molecule has 0 saturated carbocycles. The Bertz CT molecular complexity index is 1280. The van der Waals surface area contributed by atoms with E-state index >= 15 is 0 Å². The number of nitrogens with zero attached hydrogens (tertiary/aromatic N) is 2. The van der Waals surface area contributed by atoms with Crippen LogP contribution >= 0.6 is 0 Å². The van der Waals surface area contributed by atoms with Crippen molar-refractivity contribution in [2.24, 2.45) is 0 Å². The summed E-state index contributed by atoms with van der Waals surface area (Å²) >= 11 is 0. The fourth-order valence-electron chi connectivity index (χ4n) is 4.12. The highest BCUT2D eigenvalue weighted by Gasteiger charge is 2.28. The standard InChI is InChI=1S/C24H29N5O5S/c1-17-14-18(21-4-2-3-5-22(21)27-17)16-34-19-6-8-20(9-7-19)35(32,33)26-15-23(24(30)28-31)29-12-10-25-11-13-29/h2-9,14,23,25-26,31H,10-13,15-16H2,1H3,(H,28,30)/t23-/m0/s1. The molecule has 186 valence electrons. The van der Waals surface area contributed by atoms with Crippen LogP contribution in [0.4, 0.5) is 0 Å². The molecule has 35 heavy (non-hydrogen) atoms. The van der Waals surface area contributed by atoms with Crippen LogP contribution in [0.15, 0.2) is 59.5 Å². The Hall–Kier alpha value is -3.09. The van der Waals surface area contributed by atoms with Gasteiger partial charge in [-0.2, -0.15) is 0 Å². The lowest BCUT2D eigenvalue weighted by atomic mass is 10.1. The number of hydrogen-bond acceptors (Lipinski definition) is 8. The van der Waals surface area contributed by atoms with E-state index in [0.717, 1.165) is 22.2 Å². The lowest BCUT2D eigenvalue weighted by molar-refractivity contribution is -0.134. The lowest BCUT2D eigenvalue weighted by Gasteiger charge is -2.33. The van der Waals surface area contributed by atoms with Crippen molar-refractivity contribution in [3.05, 3.63) is 65.9 Å². The van der Waals surface area contributed by atoms with Gasteiger partial charge in [-0.1, -0.05) is 18.2 Å². The summed E-state index contributed by atoms with van der Waals surface area (Å²) < 4.78 is 34.0. The molecule has 0 unspecified atom stereocenters. The number of sulfonamides is 1. The predicted octanol–water partition coefficient (Wildman–Crippen LogP) is 1.18. The van der Waals surface area contributed by atoms with Crippen molar-refractivity contribution >= 4 is 26.8 Å². The van der Waals surface area contributed by atoms with Gasteiger partial charge >= 0.3 is 0 Å². The van der Waals surface area contributed by atoms with Gasteiger partial charge in [-0.15, -0.1) is 0 Å². The number of nitrogens with one attached hydrogen (secondary N) is 3. The molecule has 1 saturated heterocycles. The first-order valence-electron chi connectivity index (χ1n) is 11.3. The van der Waals surface area contributed by atoms with E-state index in [9.17, 15) is 13.2 Å². The number of aryl methyl sites for hydroxylation is 1. The Labute approximate surface area is 204 Å². The molecule has 1 aliphatic rings. The van der Waals surface area contributed by atoms with Crippen molar-refractivity contribution in [3.63, 3.8) is 0 Å². The molecule has 3 aromatic rings. The van der Waals surface area contributed by atoms with Gasteiger partial charge in [0.15, 0.2) is 0 Å². The van der Waals surface area contributed by atoms with Crippen LogP contribution in [-0.2, 0) is 21.4 Å². The van der Waals surface area contributed by atoms with Gasteiger partial charge in [0, 0.05) is 49.4 Å². The maximum atomic E-state index is 12.8. The zero-order chi connectivity index (χ0) is 24.8. The van der Waals surface area contributed by atoms with Crippen molar-refractivity contribution in [3.8, 4) is 5.75 Å². The second-order valence-electron chi connectivity index (χ2n) is 8.33. The van der Waals surface area contributed by atoms with E-state index in [2.05, 4.69) is 15.0 Å². The number of para-hydroxylation sites is 1. The van der Waals surface area contributed by atoms with Crippen LogP contribution < -0.4 is 20.3 Å². The third-order valence-corrected chi connectivity index (χ3v) is 7.37. The Kier molecular flexibility index (Phi) is 7.93. The molecular weight excluding hydrogens is 470 g/mol. The first-order valence-corrected chi connectivity index (χ1v) is 12.8. The van der Waals surface area contributed by atoms with Gasteiger partial charge in [0.05, 0.1) is 10.4 Å². The number of benzene rings is 2. The summed E-state index contributed by atoms with van der Waals surface area (Å²) in [6, 6.07) is 15.1. The number of aromatic nitrogens is 1. The van der Waals surface area contributed by atoms with Crippen LogP contribution in [0.5, 0.6) is 5.75 Å². The van der Waals surface area contributed by atoms with Crippen LogP contribution in [-0.4, -0.2) is 68.2 Å². The molecule has 10 nitrogen and oxygen atoms in total. The van der Waals surface area contributed by atoms with Crippen LogP contribution in [0.25, 0.3) is 10.9 Å². The normalized spacial score (nSPS) is 15.6. The van der Waals surface area contributed by atoms with E-state index in [1.165, 1.54) is 12.1 Å². The number of ether oxygens (including phenoxy) is 1. The number of piperazine rings is 1. The SMILES string of the molecule is Cc1cc(COc2ccc(S(=O)(=O)NC[C@@H](C(=O)NO)N3CCNCC3)cc2)c2ccccc2n1. The molecule has 0 bridgehead atoms. The number of hydrogen-bond donors (Lipinski definition) is 4. The minimum absolute atomic E-state index is 0.0542. The van der Waals surface area contributed by atoms with Crippen LogP contribution in [0.3, 0.4) is 0 Å². The molecule has 0 aliphatic carbocycles. The molecular formula is C24H29N5O5S. The summed E-state index contributed by atoms with van der Waals surface area (Å²) in [6.45, 7) is 4.57. The summed E-state index contributed by atoms with van der Waals surface area (Å²) in [5.41, 5.74) is 4.41. The van der Waals surface area contributed by atoms with Gasteiger partial charge in [-0.25, -0.2) is 18.6 Å². The van der Waals surface area contributed by atoms with E-state index in [1.54, 1.807) is 17.6 Å². The van der Waals surface area contributed by atoms with Gasteiger partial charge in [0.25, 0.3) is 5.91 Å². The second kappa shape index (κ2) is 11.1. The maximum absolute atomic E-state index is 12.8. The molecule has 4 rings (SSSR count). The molecule has 0 spiro atoms. The zero-order valence-electron chi connectivity index (χ0n) is 19.4. The van der Waals surface area contributed by atoms with E-state index in [-0.39, 0.29) is 11.4 Å². The van der Waals surface area contributed by atoms with Crippen molar-refractivity contribution in [1.29, 1.82) is 0 Å². The van der Waals surface area contributed by atoms with Crippen LogP contribution in [0.2, 0.25) is 0 Å². The summed E-state index contributed by atoms with van der Waals surface area (Å²) in [6.07, 6.45) is 0. The Morgan fingerprint density at radius 3 is 2.60 bits per heavy atom. The number of pyridine rings is 1. The molecule has 2 aromatic carbocycles. The molecule has 1 fully saturated rings. The monoisotopic (exact) mass is 499 g/mol. The summed E-state index contributed by atoms with van der Waals surface area (Å²) in [4.78, 5) is 18.5. The molecule has 11 heteroatoms. The zero-order valence-corrected chi connectivity index (χ0v) is 20.2. The van der Waals surface area contributed by atoms with Crippen LogP contribution in [0, 0.1) is 6.92 Å². The topological polar surface area (TPSA) is 133 Å². The van der Waals surface area contributed by atoms with Gasteiger partial charge in [-0.05, 0) is 43.3 Å². The predicted molar refractivity (Wildman–Crippen MR) is 131 cm³/mol. The average molecular weight is 500 g/mol. The van der Waals surface area contributed by atoms with Crippen molar-refractivity contribution in [2.45, 2.75) is 24.5 Å². The van der Waals surface area contributed by atoms with Gasteiger partial charge in [0.2, 0.25) is 10.0 Å². The quantitative estimate of drug-likeness (QED) is 0.255. The average Bonchev–Trinajstić information content (AvgIpc) is 2.88. The fourth-order valence-corrected chi connectivity index (χ4v) is 5.16. The first-order chi connectivity index (χ1) is 16.9. The molecule has 2 heterocycles. The van der Waals surface area contributed by atoms with E-state index in [1.807, 2.05) is 42.2 Å². The largest absolute Gasteiger partial charge is 0.489 e. The minimum atomic E-state index is -3.87. The third kappa shape index (κ3) is 6.13. The minimum Gasteiger partial charge on any atom is -0.489 e. The highest BCUT2D eigenvalue weighted by atomic mass is 32.2. The molecule has 0 radical (unpaired) electrons. The molecule has 1 amide bonds. The summed E-state index contributed by atoms with van der Waals surface area (Å²) in [5, 5.41) is 13.3. The van der Waals surface area contributed by atoms with Gasteiger partial charge in [-0.3, -0.25) is 19.9 Å². The van der Waals surface area contributed by atoms with E-state index < -0.39 is 22.0 Å². The lowest BCUT2D eigenvalue weighted by Crippen LogP contribution is -2.57. The Morgan fingerprint density at radius 1 is 1.17 bits per heavy atom. The number of amides is 1. The van der Waals surface area contributed by atoms with Gasteiger partial charge in [0.1, 0.15) is 18.4 Å². The number of hydroxylamine groups is 1.